The van der Waals surface area contributed by atoms with Crippen LogP contribution in [0.4, 0.5) is 0 Å². The molecule has 0 fully saturated rings. The molecule has 2 rings (SSSR count). The van der Waals surface area contributed by atoms with Gasteiger partial charge >= 0.3 is 0 Å². The van der Waals surface area contributed by atoms with Crippen LogP contribution in [0, 0.1) is 0 Å². The lowest BCUT2D eigenvalue weighted by molar-refractivity contribution is 0.401. The average molecular weight is 259 g/mol. The first-order valence-electron chi connectivity index (χ1n) is 6.61. The number of hydrogen-bond acceptors (Lipinski definition) is 3. The summed E-state index contributed by atoms with van der Waals surface area (Å²) >= 11 is 0. The Morgan fingerprint density at radius 3 is 2.89 bits per heavy atom. The van der Waals surface area contributed by atoms with Gasteiger partial charge in [-0.25, -0.2) is 4.98 Å². The Labute approximate surface area is 114 Å². The molecule has 19 heavy (non-hydrogen) atoms. The minimum Gasteiger partial charge on any atom is -0.496 e. The fraction of sp³-hybridized carbons (Fsp3) is 0.400. The van der Waals surface area contributed by atoms with Crippen molar-refractivity contribution in [1.29, 1.82) is 0 Å². The zero-order valence-electron chi connectivity index (χ0n) is 11.8. The van der Waals surface area contributed by atoms with E-state index in [1.165, 1.54) is 11.3 Å². The molecule has 0 aliphatic heterocycles. The molecule has 0 spiro atoms. The molecule has 0 amide bonds. The molecule has 1 N–H and O–H groups in total. The number of para-hydroxylation sites is 1. The molecule has 1 aromatic carbocycles. The van der Waals surface area contributed by atoms with Gasteiger partial charge in [-0.15, -0.1) is 0 Å². The van der Waals surface area contributed by atoms with Crippen LogP contribution in [-0.2, 0) is 13.1 Å². The fourth-order valence-corrected chi connectivity index (χ4v) is 2.17. The van der Waals surface area contributed by atoms with Gasteiger partial charge in [0.25, 0.3) is 0 Å². The van der Waals surface area contributed by atoms with Gasteiger partial charge in [-0.2, -0.15) is 0 Å². The van der Waals surface area contributed by atoms with E-state index in [2.05, 4.69) is 34.8 Å². The van der Waals surface area contributed by atoms with Crippen LogP contribution in [0.1, 0.15) is 31.1 Å². The second kappa shape index (κ2) is 6.38. The van der Waals surface area contributed by atoms with E-state index < -0.39 is 0 Å². The van der Waals surface area contributed by atoms with E-state index in [0.717, 1.165) is 18.8 Å². The molecule has 0 aliphatic rings. The average Bonchev–Trinajstić information content (AvgIpc) is 2.92. The Bertz CT molecular complexity index is 522. The highest BCUT2D eigenvalue weighted by Gasteiger charge is 2.11. The first-order chi connectivity index (χ1) is 9.26. The predicted octanol–water partition coefficient (Wildman–Crippen LogP) is 2.76. The largest absolute Gasteiger partial charge is 0.496 e. The zero-order valence-corrected chi connectivity index (χ0v) is 11.8. The van der Waals surface area contributed by atoms with Gasteiger partial charge in [-0.05, 0) is 19.9 Å². The Hall–Kier alpha value is -1.81. The molecule has 4 heteroatoms. The van der Waals surface area contributed by atoms with Crippen molar-refractivity contribution in [2.75, 3.05) is 7.11 Å². The van der Waals surface area contributed by atoms with Crippen molar-refractivity contribution < 1.29 is 4.74 Å². The van der Waals surface area contributed by atoms with Crippen molar-refractivity contribution in [3.63, 3.8) is 0 Å². The molecule has 4 nitrogen and oxygen atoms in total. The van der Waals surface area contributed by atoms with Crippen LogP contribution in [0.3, 0.4) is 0 Å². The summed E-state index contributed by atoms with van der Waals surface area (Å²) in [7, 11) is 1.71. The molecule has 1 heterocycles. The second-order valence-electron chi connectivity index (χ2n) is 4.52. The molecule has 1 aromatic heterocycles. The van der Waals surface area contributed by atoms with E-state index in [9.17, 15) is 0 Å². The van der Waals surface area contributed by atoms with Gasteiger partial charge in [0.15, 0.2) is 0 Å². The van der Waals surface area contributed by atoms with Crippen molar-refractivity contribution in [3.05, 3.63) is 48.0 Å². The summed E-state index contributed by atoms with van der Waals surface area (Å²) in [6.45, 7) is 6.01. The lowest BCUT2D eigenvalue weighted by Gasteiger charge is -2.17. The van der Waals surface area contributed by atoms with Crippen LogP contribution >= 0.6 is 0 Å². The van der Waals surface area contributed by atoms with E-state index in [-0.39, 0.29) is 6.04 Å². The van der Waals surface area contributed by atoms with Crippen LogP contribution in [0.25, 0.3) is 0 Å². The smallest absolute Gasteiger partial charge is 0.123 e. The fourth-order valence-electron chi connectivity index (χ4n) is 2.17. The number of ether oxygens (including phenoxy) is 1. The number of methoxy groups -OCH3 is 1. The first-order valence-corrected chi connectivity index (χ1v) is 6.61. The molecular formula is C15H21N3O. The summed E-state index contributed by atoms with van der Waals surface area (Å²) < 4.78 is 7.53. The van der Waals surface area contributed by atoms with Gasteiger partial charge < -0.3 is 14.6 Å². The molecule has 0 radical (unpaired) electrons. The number of aryl methyl sites for hydroxylation is 1. The Morgan fingerprint density at radius 2 is 2.16 bits per heavy atom. The van der Waals surface area contributed by atoms with E-state index in [0.29, 0.717) is 0 Å². The zero-order chi connectivity index (χ0) is 13.7. The highest BCUT2D eigenvalue weighted by atomic mass is 16.5. The van der Waals surface area contributed by atoms with Gasteiger partial charge in [0.1, 0.15) is 5.75 Å². The van der Waals surface area contributed by atoms with Gasteiger partial charge in [-0.1, -0.05) is 18.2 Å². The number of imidazole rings is 1. The lowest BCUT2D eigenvalue weighted by Crippen LogP contribution is -2.20. The summed E-state index contributed by atoms with van der Waals surface area (Å²) in [6.07, 6.45) is 3.77. The number of benzene rings is 1. The van der Waals surface area contributed by atoms with Crippen LogP contribution < -0.4 is 10.1 Å². The maximum atomic E-state index is 5.39. The van der Waals surface area contributed by atoms with Crippen molar-refractivity contribution in [1.82, 2.24) is 14.9 Å². The molecule has 1 atom stereocenters. The highest BCUT2D eigenvalue weighted by molar-refractivity contribution is 5.35. The molecular weight excluding hydrogens is 238 g/mol. The maximum Gasteiger partial charge on any atom is 0.123 e. The number of nitrogens with one attached hydrogen (secondary N) is 1. The monoisotopic (exact) mass is 259 g/mol. The van der Waals surface area contributed by atoms with Crippen LogP contribution in [-0.4, -0.2) is 16.7 Å². The van der Waals surface area contributed by atoms with E-state index in [1.807, 2.05) is 30.7 Å². The minimum absolute atomic E-state index is 0.233. The predicted molar refractivity (Wildman–Crippen MR) is 76.1 cm³/mol. The molecule has 2 aromatic rings. The van der Waals surface area contributed by atoms with Gasteiger partial charge in [0, 0.05) is 30.9 Å². The summed E-state index contributed by atoms with van der Waals surface area (Å²) in [5.41, 5.74) is 2.37. The number of rotatable bonds is 6. The molecule has 0 saturated heterocycles. The van der Waals surface area contributed by atoms with Crippen molar-refractivity contribution in [3.8, 4) is 5.75 Å². The summed E-state index contributed by atoms with van der Waals surface area (Å²) in [5.74, 6) is 0.923. The molecule has 0 bridgehead atoms. The molecule has 0 saturated carbocycles. The highest BCUT2D eigenvalue weighted by Crippen LogP contribution is 2.24. The summed E-state index contributed by atoms with van der Waals surface area (Å²) in [4.78, 5) is 4.18. The minimum atomic E-state index is 0.233. The molecule has 102 valence electrons. The second-order valence-corrected chi connectivity index (χ2v) is 4.52. The SMILES string of the molecule is CCn1cncc1CN[C@@H](C)c1ccccc1OC. The van der Waals surface area contributed by atoms with Crippen molar-refractivity contribution >= 4 is 0 Å². The van der Waals surface area contributed by atoms with Crippen molar-refractivity contribution in [2.45, 2.75) is 33.0 Å². The van der Waals surface area contributed by atoms with Gasteiger partial charge in [-0.3, -0.25) is 0 Å². The standard InChI is InChI=1S/C15H21N3O/c1-4-18-11-16-9-13(18)10-17-12(2)14-7-5-6-8-15(14)19-3/h5-9,11-12,17H,4,10H2,1-3H3/t12-/m0/s1. The number of hydrogen-bond donors (Lipinski definition) is 1. The van der Waals surface area contributed by atoms with Crippen LogP contribution in [0.2, 0.25) is 0 Å². The number of nitrogens with zero attached hydrogens (tertiary/aromatic N) is 2. The quantitative estimate of drug-likeness (QED) is 0.867. The summed E-state index contributed by atoms with van der Waals surface area (Å²) in [5, 5.41) is 3.51. The Kier molecular flexibility index (Phi) is 4.58. The Balaban J connectivity index is 2.03. The number of aromatic nitrogens is 2. The van der Waals surface area contributed by atoms with E-state index in [1.54, 1.807) is 7.11 Å². The van der Waals surface area contributed by atoms with Crippen LogP contribution in [0.15, 0.2) is 36.8 Å². The van der Waals surface area contributed by atoms with E-state index >= 15 is 0 Å². The van der Waals surface area contributed by atoms with E-state index in [4.69, 9.17) is 4.74 Å². The normalized spacial score (nSPS) is 12.4. The summed E-state index contributed by atoms with van der Waals surface area (Å²) in [6, 6.07) is 8.33. The first kappa shape index (κ1) is 13.6. The molecule has 0 aliphatic carbocycles. The maximum absolute atomic E-state index is 5.39. The van der Waals surface area contributed by atoms with Gasteiger partial charge in [0.2, 0.25) is 0 Å². The lowest BCUT2D eigenvalue weighted by atomic mass is 10.1. The Morgan fingerprint density at radius 1 is 1.37 bits per heavy atom. The topological polar surface area (TPSA) is 39.1 Å². The molecule has 0 unspecified atom stereocenters. The third-order valence-corrected chi connectivity index (χ3v) is 3.33. The third kappa shape index (κ3) is 3.15. The van der Waals surface area contributed by atoms with Crippen LogP contribution in [0.5, 0.6) is 5.75 Å². The third-order valence-electron chi connectivity index (χ3n) is 3.33. The van der Waals surface area contributed by atoms with Gasteiger partial charge in [0.05, 0.1) is 19.1 Å². The van der Waals surface area contributed by atoms with Crippen molar-refractivity contribution in [2.24, 2.45) is 0 Å².